The van der Waals surface area contributed by atoms with Gasteiger partial charge in [0.1, 0.15) is 6.61 Å². The fraction of sp³-hybridized carbons (Fsp3) is 0.824. The van der Waals surface area contributed by atoms with Crippen molar-refractivity contribution in [1.82, 2.24) is 0 Å². The summed E-state index contributed by atoms with van der Waals surface area (Å²) in [6.07, 6.45) is -5.62. The number of halogens is 3. The zero-order chi connectivity index (χ0) is 20.1. The molecule has 1 aliphatic carbocycles. The van der Waals surface area contributed by atoms with Crippen molar-refractivity contribution < 1.29 is 41.8 Å². The summed E-state index contributed by atoms with van der Waals surface area (Å²) in [4.78, 5) is 34.4. The van der Waals surface area contributed by atoms with Crippen molar-refractivity contribution in [2.45, 2.75) is 58.7 Å². The zero-order valence-electron chi connectivity index (χ0n) is 15.4. The van der Waals surface area contributed by atoms with Crippen LogP contribution in [0.25, 0.3) is 0 Å². The van der Waals surface area contributed by atoms with Crippen LogP contribution in [0.2, 0.25) is 0 Å². The first-order chi connectivity index (χ1) is 11.9. The molecule has 0 spiro atoms. The van der Waals surface area contributed by atoms with Gasteiger partial charge in [-0.3, -0.25) is 14.4 Å². The monoisotopic (exact) mass is 382 g/mol. The van der Waals surface area contributed by atoms with Crippen LogP contribution in [0, 0.1) is 17.3 Å². The van der Waals surface area contributed by atoms with Gasteiger partial charge in [0.15, 0.2) is 5.41 Å². The molecule has 0 aromatic rings. The van der Waals surface area contributed by atoms with Crippen LogP contribution >= 0.6 is 0 Å². The lowest BCUT2D eigenvalue weighted by molar-refractivity contribution is -0.232. The summed E-state index contributed by atoms with van der Waals surface area (Å²) in [6.45, 7) is 4.21. The van der Waals surface area contributed by atoms with Gasteiger partial charge >= 0.3 is 24.1 Å². The van der Waals surface area contributed by atoms with E-state index >= 15 is 0 Å². The summed E-state index contributed by atoms with van der Waals surface area (Å²) in [5.41, 5.74) is -2.49. The molecule has 0 aromatic carbocycles. The smallest absolute Gasteiger partial charge is 0.404 e. The van der Waals surface area contributed by atoms with Crippen molar-refractivity contribution in [3.63, 3.8) is 0 Å². The summed E-state index contributed by atoms with van der Waals surface area (Å²) in [6, 6.07) is 0. The average Bonchev–Trinajstić information content (AvgIpc) is 2.96. The first-order valence-electron chi connectivity index (χ1n) is 8.42. The lowest BCUT2D eigenvalue weighted by Crippen LogP contribution is -2.44. The van der Waals surface area contributed by atoms with Crippen LogP contribution in [0.15, 0.2) is 0 Å². The Morgan fingerprint density at radius 3 is 2.35 bits per heavy atom. The molecule has 0 N–H and O–H groups in total. The maximum atomic E-state index is 13.4. The number of carbonyl (C=O) groups is 3. The van der Waals surface area contributed by atoms with E-state index in [1.54, 1.807) is 6.92 Å². The van der Waals surface area contributed by atoms with Gasteiger partial charge < -0.3 is 14.2 Å². The predicted molar refractivity (Wildman–Crippen MR) is 83.8 cm³/mol. The van der Waals surface area contributed by atoms with Crippen LogP contribution in [-0.2, 0) is 28.6 Å². The van der Waals surface area contributed by atoms with E-state index in [0.717, 1.165) is 7.11 Å². The van der Waals surface area contributed by atoms with E-state index < -0.39 is 47.4 Å². The Morgan fingerprint density at radius 2 is 1.85 bits per heavy atom. The highest BCUT2D eigenvalue weighted by atomic mass is 19.4. The molecule has 150 valence electrons. The minimum atomic E-state index is -4.69. The van der Waals surface area contributed by atoms with E-state index in [1.807, 2.05) is 0 Å². The third kappa shape index (κ3) is 5.35. The van der Waals surface area contributed by atoms with Crippen molar-refractivity contribution in [2.75, 3.05) is 13.7 Å². The third-order valence-electron chi connectivity index (χ3n) is 4.66. The highest BCUT2D eigenvalue weighted by Crippen LogP contribution is 2.54. The molecule has 1 rings (SSSR count). The van der Waals surface area contributed by atoms with Crippen molar-refractivity contribution in [3.05, 3.63) is 0 Å². The average molecular weight is 382 g/mol. The van der Waals surface area contributed by atoms with E-state index in [0.29, 0.717) is 0 Å². The molecule has 1 aliphatic rings. The maximum absolute atomic E-state index is 13.4. The molecule has 0 saturated heterocycles. The highest BCUT2D eigenvalue weighted by Gasteiger charge is 2.64. The highest BCUT2D eigenvalue weighted by molar-refractivity contribution is 5.78. The lowest BCUT2D eigenvalue weighted by atomic mass is 9.83. The number of ether oxygens (including phenoxy) is 3. The Bertz CT molecular complexity index is 533. The summed E-state index contributed by atoms with van der Waals surface area (Å²) >= 11 is 0. The first kappa shape index (κ1) is 22.2. The van der Waals surface area contributed by atoms with E-state index in [9.17, 15) is 27.6 Å². The van der Waals surface area contributed by atoms with E-state index in [2.05, 4.69) is 4.74 Å². The van der Waals surface area contributed by atoms with Crippen molar-refractivity contribution in [3.8, 4) is 0 Å². The number of methoxy groups -OCH3 is 1. The second-order valence-corrected chi connectivity index (χ2v) is 6.87. The molecule has 9 heteroatoms. The summed E-state index contributed by atoms with van der Waals surface area (Å²) in [5, 5.41) is 0. The van der Waals surface area contributed by atoms with Gasteiger partial charge in [-0.25, -0.2) is 0 Å². The molecule has 4 unspecified atom stereocenters. The van der Waals surface area contributed by atoms with Crippen molar-refractivity contribution >= 4 is 17.9 Å². The zero-order valence-corrected chi connectivity index (χ0v) is 15.4. The maximum Gasteiger partial charge on any atom is 0.404 e. The summed E-state index contributed by atoms with van der Waals surface area (Å²) < 4.78 is 54.5. The standard InChI is InChI=1S/C17H25F3O6/c1-10(9-25-12(3)21)14(22)26-11(2)7-13-5-6-16(8-13,15(23)24-4)17(18,19)20/h10-11,13H,5-9H2,1-4H3. The van der Waals surface area contributed by atoms with Gasteiger partial charge in [-0.1, -0.05) is 0 Å². The van der Waals surface area contributed by atoms with E-state index in [1.165, 1.54) is 13.8 Å². The number of carbonyl (C=O) groups excluding carboxylic acids is 3. The van der Waals surface area contributed by atoms with Crippen molar-refractivity contribution in [1.29, 1.82) is 0 Å². The number of hydrogen-bond acceptors (Lipinski definition) is 6. The minimum absolute atomic E-state index is 0.121. The molecule has 1 fully saturated rings. The molecule has 0 aliphatic heterocycles. The second-order valence-electron chi connectivity index (χ2n) is 6.87. The van der Waals surface area contributed by atoms with Gasteiger partial charge in [0.2, 0.25) is 0 Å². The molecular formula is C17H25F3O6. The molecule has 4 atom stereocenters. The van der Waals surface area contributed by atoms with Crippen LogP contribution in [0.1, 0.15) is 46.5 Å². The Labute approximate surface area is 150 Å². The van der Waals surface area contributed by atoms with Gasteiger partial charge in [0.25, 0.3) is 0 Å². The fourth-order valence-electron chi connectivity index (χ4n) is 3.24. The lowest BCUT2D eigenvalue weighted by Gasteiger charge is -2.29. The molecular weight excluding hydrogens is 357 g/mol. The molecule has 6 nitrogen and oxygen atoms in total. The summed E-state index contributed by atoms with van der Waals surface area (Å²) in [5.74, 6) is -3.47. The number of alkyl halides is 3. The fourth-order valence-corrected chi connectivity index (χ4v) is 3.24. The van der Waals surface area contributed by atoms with Crippen LogP contribution in [0.4, 0.5) is 13.2 Å². The molecule has 0 amide bonds. The van der Waals surface area contributed by atoms with E-state index in [-0.39, 0.29) is 32.3 Å². The van der Waals surface area contributed by atoms with Crippen molar-refractivity contribution in [2.24, 2.45) is 17.3 Å². The third-order valence-corrected chi connectivity index (χ3v) is 4.66. The quantitative estimate of drug-likeness (QED) is 0.497. The Hall–Kier alpha value is -1.80. The number of esters is 3. The molecule has 0 radical (unpaired) electrons. The Balaban J connectivity index is 2.61. The van der Waals surface area contributed by atoms with E-state index in [4.69, 9.17) is 9.47 Å². The van der Waals surface area contributed by atoms with Crippen LogP contribution in [0.3, 0.4) is 0 Å². The Morgan fingerprint density at radius 1 is 1.23 bits per heavy atom. The number of rotatable bonds is 7. The minimum Gasteiger partial charge on any atom is -0.468 e. The van der Waals surface area contributed by atoms with Gasteiger partial charge in [0.05, 0.1) is 19.1 Å². The Kier molecular flexibility index (Phi) is 7.46. The van der Waals surface area contributed by atoms with Gasteiger partial charge in [-0.2, -0.15) is 13.2 Å². The predicted octanol–water partition coefficient (Wildman–Crippen LogP) is 3.03. The molecule has 0 heterocycles. The molecule has 0 aromatic heterocycles. The van der Waals surface area contributed by atoms with Crippen LogP contribution in [-0.4, -0.2) is 43.9 Å². The van der Waals surface area contributed by atoms with Gasteiger partial charge in [-0.15, -0.1) is 0 Å². The first-order valence-corrected chi connectivity index (χ1v) is 8.42. The summed E-state index contributed by atoms with van der Waals surface area (Å²) in [7, 11) is 0.943. The van der Waals surface area contributed by atoms with Crippen LogP contribution in [0.5, 0.6) is 0 Å². The van der Waals surface area contributed by atoms with Gasteiger partial charge in [0, 0.05) is 6.92 Å². The van der Waals surface area contributed by atoms with Gasteiger partial charge in [-0.05, 0) is 45.4 Å². The normalized spacial score (nSPS) is 25.3. The van der Waals surface area contributed by atoms with Crippen LogP contribution < -0.4 is 0 Å². The second kappa shape index (κ2) is 8.73. The number of hydrogen-bond donors (Lipinski definition) is 0. The molecule has 0 bridgehead atoms. The largest absolute Gasteiger partial charge is 0.468 e. The molecule has 26 heavy (non-hydrogen) atoms. The SMILES string of the molecule is COC(=O)C1(C(F)(F)F)CCC(CC(C)OC(=O)C(C)COC(C)=O)C1. The topological polar surface area (TPSA) is 78.9 Å². The molecule has 1 saturated carbocycles.